The van der Waals surface area contributed by atoms with Gasteiger partial charge in [-0.15, -0.1) is 59.2 Å². The maximum absolute atomic E-state index is 9.00. The Kier molecular flexibility index (Phi) is 9.40. The van der Waals surface area contributed by atoms with Crippen molar-refractivity contribution in [3.05, 3.63) is 175 Å². The van der Waals surface area contributed by atoms with Gasteiger partial charge in [0.15, 0.2) is 0 Å². The SMILES string of the molecule is [2H]C(C)(c1ccccc1)c1ccc[c-]c1-c1ccc([Si](C)(C)C)cn1.[2H]C([2H])([2H])c1cc(-c2[c-]cc3oc4ccccc4c3c2)ncc1-c1ccccc1.[Ir]. The van der Waals surface area contributed by atoms with E-state index in [0.29, 0.717) is 11.3 Å². The van der Waals surface area contributed by atoms with E-state index < -0.39 is 20.8 Å². The topological polar surface area (TPSA) is 38.9 Å². The summed E-state index contributed by atoms with van der Waals surface area (Å²) >= 11 is 0. The molecule has 0 spiro atoms. The molecule has 8 aromatic rings. The number of pyridine rings is 2. The second kappa shape index (κ2) is 15.5. The number of furan rings is 1. The fourth-order valence-corrected chi connectivity index (χ4v) is 7.09. The minimum Gasteiger partial charge on any atom is -0.500 e. The quantitative estimate of drug-likeness (QED) is 0.123. The number of benzene rings is 5. The Morgan fingerprint density at radius 3 is 2.18 bits per heavy atom. The van der Waals surface area contributed by atoms with Gasteiger partial charge in [0.05, 0.1) is 13.7 Å². The Balaban J connectivity index is 0.000000186. The zero-order valence-electron chi connectivity index (χ0n) is 33.0. The minimum absolute atomic E-state index is 0. The van der Waals surface area contributed by atoms with Gasteiger partial charge in [-0.05, 0) is 52.1 Å². The molecule has 0 aliphatic heterocycles. The molecule has 0 amide bonds. The minimum atomic E-state index is -2.25. The first-order valence-electron chi connectivity index (χ1n) is 18.7. The number of hydrogen-bond donors (Lipinski definition) is 0. The van der Waals surface area contributed by atoms with Crippen LogP contribution < -0.4 is 5.19 Å². The first kappa shape index (κ1) is 30.9. The van der Waals surface area contributed by atoms with Gasteiger partial charge in [0, 0.05) is 48.9 Å². The van der Waals surface area contributed by atoms with Crippen LogP contribution in [0.25, 0.3) is 55.6 Å². The molecule has 5 aromatic carbocycles. The largest absolute Gasteiger partial charge is 0.500 e. The van der Waals surface area contributed by atoms with Crippen molar-refractivity contribution in [2.75, 3.05) is 0 Å². The van der Waals surface area contributed by atoms with Crippen LogP contribution in [-0.4, -0.2) is 18.0 Å². The summed E-state index contributed by atoms with van der Waals surface area (Å²) < 4.78 is 38.9. The van der Waals surface area contributed by atoms with E-state index in [1.54, 1.807) is 18.3 Å². The smallest absolute Gasteiger partial charge is 0.120 e. The Labute approximate surface area is 321 Å². The molecule has 0 N–H and O–H groups in total. The Bertz CT molecular complexity index is 2550. The summed E-state index contributed by atoms with van der Waals surface area (Å²) in [6, 6.07) is 49.2. The standard InChI is InChI=1S/C24H16NO.C22H24NSi.Ir/c1-16-13-22(25-15-21(16)17-7-3-2-4-8-17)18-11-12-24-20(14-18)19-9-5-6-10-23(19)26-24;1-17(18-10-6-5-7-11-18)20-12-8-9-13-21(20)22-15-14-19(16-23-22)24(2,3)4;/h2-10,12-15H,1H3;5-12,14-17H,1-4H3;/q2*-1;/i1D3;17D;. The van der Waals surface area contributed by atoms with Crippen molar-refractivity contribution in [1.29, 1.82) is 0 Å². The molecular weight excluding hydrogens is 817 g/mol. The van der Waals surface area contributed by atoms with Gasteiger partial charge in [0.1, 0.15) is 5.58 Å². The van der Waals surface area contributed by atoms with E-state index in [0.717, 1.165) is 55.4 Å². The average Bonchev–Trinajstić information content (AvgIpc) is 3.56. The fraction of sp³-hybridized carbons (Fsp3) is 0.130. The molecule has 0 saturated heterocycles. The van der Waals surface area contributed by atoms with Crippen LogP contribution in [0.2, 0.25) is 19.6 Å². The molecule has 3 nitrogen and oxygen atoms in total. The molecule has 5 heteroatoms. The number of hydrogen-bond acceptors (Lipinski definition) is 3. The molecule has 0 fully saturated rings. The van der Waals surface area contributed by atoms with Crippen LogP contribution in [0, 0.1) is 19.0 Å². The molecular formula is C46H40IrN2OSi-2. The van der Waals surface area contributed by atoms with Crippen molar-refractivity contribution < 1.29 is 30.0 Å². The molecule has 3 aromatic heterocycles. The number of rotatable bonds is 6. The summed E-state index contributed by atoms with van der Waals surface area (Å²) in [4.78, 5) is 9.26. The predicted molar refractivity (Wildman–Crippen MR) is 211 cm³/mol. The number of aromatic nitrogens is 2. The molecule has 0 aliphatic carbocycles. The van der Waals surface area contributed by atoms with E-state index in [1.807, 2.05) is 122 Å². The molecule has 0 aliphatic rings. The monoisotopic (exact) mass is 861 g/mol. The van der Waals surface area contributed by atoms with Crippen molar-refractivity contribution in [3.8, 4) is 33.6 Å². The van der Waals surface area contributed by atoms with E-state index in [4.69, 9.17) is 14.9 Å². The van der Waals surface area contributed by atoms with Crippen LogP contribution in [-0.2, 0) is 20.1 Å². The van der Waals surface area contributed by atoms with Gasteiger partial charge in [-0.2, -0.15) is 0 Å². The van der Waals surface area contributed by atoms with Crippen LogP contribution in [0.3, 0.4) is 0 Å². The maximum atomic E-state index is 9.00. The van der Waals surface area contributed by atoms with Gasteiger partial charge in [-0.1, -0.05) is 129 Å². The van der Waals surface area contributed by atoms with E-state index in [1.165, 1.54) is 5.19 Å². The molecule has 0 bridgehead atoms. The van der Waals surface area contributed by atoms with Crippen LogP contribution >= 0.6 is 0 Å². The second-order valence-corrected chi connectivity index (χ2v) is 18.4. The van der Waals surface area contributed by atoms with Gasteiger partial charge in [0.25, 0.3) is 0 Å². The zero-order chi connectivity index (χ0) is 38.1. The van der Waals surface area contributed by atoms with Crippen molar-refractivity contribution in [2.45, 2.75) is 39.3 Å². The first-order chi connectivity index (χ1) is 25.8. The molecule has 1 radical (unpaired) electrons. The molecule has 255 valence electrons. The van der Waals surface area contributed by atoms with Crippen molar-refractivity contribution in [1.82, 2.24) is 9.97 Å². The number of nitrogens with zero attached hydrogens (tertiary/aromatic N) is 2. The van der Waals surface area contributed by atoms with Crippen molar-refractivity contribution >= 4 is 35.2 Å². The van der Waals surface area contributed by atoms with E-state index >= 15 is 0 Å². The van der Waals surface area contributed by atoms with Gasteiger partial charge in [-0.25, -0.2) is 0 Å². The Morgan fingerprint density at radius 1 is 0.725 bits per heavy atom. The normalized spacial score (nSPS) is 13.8. The summed E-state index contributed by atoms with van der Waals surface area (Å²) in [5.74, 6) is -0.854. The van der Waals surface area contributed by atoms with Gasteiger partial charge in [0.2, 0.25) is 0 Å². The summed E-state index contributed by atoms with van der Waals surface area (Å²) in [6.07, 6.45) is 3.63. The predicted octanol–water partition coefficient (Wildman–Crippen LogP) is 11.7. The molecule has 0 saturated carbocycles. The Hall–Kier alpha value is -4.93. The molecule has 8 rings (SSSR count). The second-order valence-electron chi connectivity index (χ2n) is 13.3. The summed E-state index contributed by atoms with van der Waals surface area (Å²) in [6.45, 7) is 6.64. The first-order valence-corrected chi connectivity index (χ1v) is 20.2. The van der Waals surface area contributed by atoms with E-state index in [9.17, 15) is 0 Å². The number of fused-ring (bicyclic) bond motifs is 3. The summed E-state index contributed by atoms with van der Waals surface area (Å²) in [5.41, 5.74) is 8.26. The van der Waals surface area contributed by atoms with Crippen molar-refractivity contribution in [3.63, 3.8) is 0 Å². The number of aryl methyl sites for hydroxylation is 1. The third-order valence-corrected chi connectivity index (χ3v) is 11.0. The summed E-state index contributed by atoms with van der Waals surface area (Å²) in [7, 11) is -1.37. The van der Waals surface area contributed by atoms with E-state index in [2.05, 4.69) is 48.9 Å². The van der Waals surface area contributed by atoms with E-state index in [-0.39, 0.29) is 25.7 Å². The molecule has 3 heterocycles. The Morgan fingerprint density at radius 2 is 1.45 bits per heavy atom. The molecule has 51 heavy (non-hydrogen) atoms. The maximum Gasteiger partial charge on any atom is 0.120 e. The fourth-order valence-electron chi connectivity index (χ4n) is 6.06. The molecule has 1 atom stereocenters. The van der Waals surface area contributed by atoms with Gasteiger partial charge >= 0.3 is 0 Å². The molecule has 1 unspecified atom stereocenters. The summed E-state index contributed by atoms with van der Waals surface area (Å²) in [5, 5.41) is 3.30. The van der Waals surface area contributed by atoms with Crippen LogP contribution in [0.4, 0.5) is 0 Å². The van der Waals surface area contributed by atoms with Crippen LogP contribution in [0.1, 0.15) is 35.0 Å². The van der Waals surface area contributed by atoms with Gasteiger partial charge < -0.3 is 14.4 Å². The average molecular weight is 861 g/mol. The third-order valence-electron chi connectivity index (χ3n) is 8.93. The zero-order valence-corrected chi connectivity index (χ0v) is 32.4. The van der Waals surface area contributed by atoms with Crippen LogP contribution in [0.5, 0.6) is 0 Å². The number of para-hydroxylation sites is 1. The third kappa shape index (κ3) is 7.87. The van der Waals surface area contributed by atoms with Gasteiger partial charge in [-0.3, -0.25) is 0 Å². The van der Waals surface area contributed by atoms with Crippen molar-refractivity contribution in [2.24, 2.45) is 0 Å². The van der Waals surface area contributed by atoms with Crippen LogP contribution in [0.15, 0.2) is 150 Å².